The fourth-order valence-electron chi connectivity index (χ4n) is 2.06. The van der Waals surface area contributed by atoms with Gasteiger partial charge in [-0.1, -0.05) is 53.5 Å². The molecular weight excluding hydrogens is 293 g/mol. The molecular formula is C16H15Cl2NO. The van der Waals surface area contributed by atoms with Gasteiger partial charge in [-0.05, 0) is 31.3 Å². The first-order valence-corrected chi connectivity index (χ1v) is 6.95. The molecule has 2 aromatic carbocycles. The Morgan fingerprint density at radius 3 is 2.25 bits per heavy atom. The van der Waals surface area contributed by atoms with Crippen molar-refractivity contribution in [2.45, 2.75) is 6.54 Å². The van der Waals surface area contributed by atoms with E-state index >= 15 is 0 Å². The molecule has 0 spiro atoms. The fourth-order valence-corrected chi connectivity index (χ4v) is 2.62. The summed E-state index contributed by atoms with van der Waals surface area (Å²) >= 11 is 12.2. The van der Waals surface area contributed by atoms with Gasteiger partial charge in [0.2, 0.25) is 0 Å². The van der Waals surface area contributed by atoms with Gasteiger partial charge in [0.1, 0.15) is 0 Å². The molecule has 0 amide bonds. The molecule has 0 saturated heterocycles. The van der Waals surface area contributed by atoms with Crippen molar-refractivity contribution < 1.29 is 4.79 Å². The number of hydrogen-bond acceptors (Lipinski definition) is 2. The Balaban J connectivity index is 2.39. The van der Waals surface area contributed by atoms with Crippen LogP contribution >= 0.6 is 23.2 Å². The van der Waals surface area contributed by atoms with Crippen LogP contribution in [0.25, 0.3) is 11.1 Å². The molecule has 2 nitrogen and oxygen atoms in total. The molecule has 0 heterocycles. The van der Waals surface area contributed by atoms with Crippen LogP contribution in [0.15, 0.2) is 36.4 Å². The van der Waals surface area contributed by atoms with Gasteiger partial charge in [0.25, 0.3) is 0 Å². The lowest BCUT2D eigenvalue weighted by Gasteiger charge is -2.11. The molecule has 0 radical (unpaired) electrons. The van der Waals surface area contributed by atoms with Crippen molar-refractivity contribution in [2.75, 3.05) is 14.1 Å². The van der Waals surface area contributed by atoms with E-state index in [4.69, 9.17) is 23.2 Å². The molecule has 4 heteroatoms. The van der Waals surface area contributed by atoms with Gasteiger partial charge in [-0.2, -0.15) is 0 Å². The second kappa shape index (κ2) is 6.40. The van der Waals surface area contributed by atoms with Gasteiger partial charge in [0, 0.05) is 12.1 Å². The minimum Gasteiger partial charge on any atom is -0.305 e. The van der Waals surface area contributed by atoms with Crippen LogP contribution in [-0.2, 0) is 6.54 Å². The molecule has 0 aliphatic carbocycles. The van der Waals surface area contributed by atoms with Crippen LogP contribution in [0.5, 0.6) is 0 Å². The minimum absolute atomic E-state index is 0.336. The third-order valence-corrected chi connectivity index (χ3v) is 3.74. The first-order valence-electron chi connectivity index (χ1n) is 6.20. The van der Waals surface area contributed by atoms with E-state index in [9.17, 15) is 4.79 Å². The first kappa shape index (κ1) is 15.0. The highest BCUT2D eigenvalue weighted by Gasteiger charge is 2.11. The second-order valence-electron chi connectivity index (χ2n) is 4.88. The summed E-state index contributed by atoms with van der Waals surface area (Å²) in [5.74, 6) is 0. The Bertz CT molecular complexity index is 621. The SMILES string of the molecule is CN(C)Cc1ccc(-c2ccc(Cl)c(C=O)c2Cl)cc1. The van der Waals surface area contributed by atoms with Crippen LogP contribution in [0, 0.1) is 0 Å². The van der Waals surface area contributed by atoms with Crippen molar-refractivity contribution >= 4 is 29.5 Å². The maximum absolute atomic E-state index is 11.0. The number of aldehydes is 1. The predicted molar refractivity (Wildman–Crippen MR) is 84.7 cm³/mol. The third kappa shape index (κ3) is 3.21. The van der Waals surface area contributed by atoms with E-state index in [2.05, 4.69) is 17.0 Å². The van der Waals surface area contributed by atoms with Crippen LogP contribution in [-0.4, -0.2) is 25.3 Å². The van der Waals surface area contributed by atoms with Gasteiger partial charge in [-0.25, -0.2) is 0 Å². The molecule has 2 rings (SSSR count). The summed E-state index contributed by atoms with van der Waals surface area (Å²) in [6.45, 7) is 0.883. The largest absolute Gasteiger partial charge is 0.305 e. The molecule has 0 aliphatic rings. The van der Waals surface area contributed by atoms with Gasteiger partial charge in [-0.3, -0.25) is 4.79 Å². The maximum atomic E-state index is 11.0. The number of benzene rings is 2. The van der Waals surface area contributed by atoms with Gasteiger partial charge >= 0.3 is 0 Å². The lowest BCUT2D eigenvalue weighted by molar-refractivity contribution is 0.112. The first-order chi connectivity index (χ1) is 9.52. The number of carbonyl (C=O) groups is 1. The summed E-state index contributed by atoms with van der Waals surface area (Å²) in [7, 11) is 4.06. The van der Waals surface area contributed by atoms with Gasteiger partial charge in [0.05, 0.1) is 15.6 Å². The highest BCUT2D eigenvalue weighted by molar-refractivity contribution is 6.40. The van der Waals surface area contributed by atoms with E-state index in [-0.39, 0.29) is 0 Å². The van der Waals surface area contributed by atoms with Crippen molar-refractivity contribution in [3.8, 4) is 11.1 Å². The Morgan fingerprint density at radius 1 is 1.05 bits per heavy atom. The molecule has 0 unspecified atom stereocenters. The average molecular weight is 308 g/mol. The normalized spacial score (nSPS) is 10.8. The summed E-state index contributed by atoms with van der Waals surface area (Å²) in [5, 5.41) is 0.769. The summed E-state index contributed by atoms with van der Waals surface area (Å²) < 4.78 is 0. The van der Waals surface area contributed by atoms with Crippen LogP contribution < -0.4 is 0 Å². The number of carbonyl (C=O) groups excluding carboxylic acids is 1. The number of rotatable bonds is 4. The summed E-state index contributed by atoms with van der Waals surface area (Å²) in [6.07, 6.45) is 0.689. The van der Waals surface area contributed by atoms with Crippen molar-refractivity contribution in [3.05, 3.63) is 57.6 Å². The Labute approximate surface area is 128 Å². The number of halogens is 2. The van der Waals surface area contributed by atoms with E-state index < -0.39 is 0 Å². The van der Waals surface area contributed by atoms with E-state index in [1.165, 1.54) is 5.56 Å². The second-order valence-corrected chi connectivity index (χ2v) is 5.66. The zero-order chi connectivity index (χ0) is 14.7. The molecule has 20 heavy (non-hydrogen) atoms. The predicted octanol–water partition coefficient (Wildman–Crippen LogP) is 4.53. The Kier molecular flexibility index (Phi) is 4.81. The van der Waals surface area contributed by atoms with Gasteiger partial charge in [-0.15, -0.1) is 0 Å². The van der Waals surface area contributed by atoms with Crippen LogP contribution in [0.4, 0.5) is 0 Å². The van der Waals surface area contributed by atoms with Crippen molar-refractivity contribution in [2.24, 2.45) is 0 Å². The standard InChI is InChI=1S/C16H15Cl2NO/c1-19(2)9-11-3-5-12(6-4-11)13-7-8-15(17)14(10-20)16(13)18/h3-8,10H,9H2,1-2H3. The van der Waals surface area contributed by atoms with Gasteiger partial charge in [0.15, 0.2) is 6.29 Å². The quantitative estimate of drug-likeness (QED) is 0.773. The summed E-state index contributed by atoms with van der Waals surface area (Å²) in [6, 6.07) is 11.6. The molecule has 2 aromatic rings. The molecule has 0 bridgehead atoms. The number of hydrogen-bond donors (Lipinski definition) is 0. The highest BCUT2D eigenvalue weighted by Crippen LogP contribution is 2.33. The van der Waals surface area contributed by atoms with E-state index in [0.29, 0.717) is 21.9 Å². The monoisotopic (exact) mass is 307 g/mol. The zero-order valence-electron chi connectivity index (χ0n) is 11.4. The molecule has 0 aliphatic heterocycles. The maximum Gasteiger partial charge on any atom is 0.153 e. The molecule has 0 aromatic heterocycles. The van der Waals surface area contributed by atoms with Crippen molar-refractivity contribution in [3.63, 3.8) is 0 Å². The van der Waals surface area contributed by atoms with E-state index in [0.717, 1.165) is 17.7 Å². The van der Waals surface area contributed by atoms with E-state index in [1.54, 1.807) is 6.07 Å². The zero-order valence-corrected chi connectivity index (χ0v) is 12.9. The van der Waals surface area contributed by atoms with Crippen LogP contribution in [0.1, 0.15) is 15.9 Å². The molecule has 0 N–H and O–H groups in total. The summed E-state index contributed by atoms with van der Waals surface area (Å²) in [5.41, 5.74) is 3.34. The van der Waals surface area contributed by atoms with Crippen LogP contribution in [0.2, 0.25) is 10.0 Å². The molecule has 0 saturated carbocycles. The lowest BCUT2D eigenvalue weighted by atomic mass is 10.0. The van der Waals surface area contributed by atoms with Crippen molar-refractivity contribution in [1.82, 2.24) is 4.90 Å². The van der Waals surface area contributed by atoms with E-state index in [1.807, 2.05) is 32.3 Å². The summed E-state index contributed by atoms with van der Waals surface area (Å²) in [4.78, 5) is 13.1. The average Bonchev–Trinajstić information content (AvgIpc) is 2.40. The third-order valence-electron chi connectivity index (χ3n) is 3.01. The molecule has 104 valence electrons. The number of nitrogens with zero attached hydrogens (tertiary/aromatic N) is 1. The Hall–Kier alpha value is -1.35. The van der Waals surface area contributed by atoms with Crippen LogP contribution in [0.3, 0.4) is 0 Å². The highest BCUT2D eigenvalue weighted by atomic mass is 35.5. The Morgan fingerprint density at radius 2 is 1.70 bits per heavy atom. The lowest BCUT2D eigenvalue weighted by Crippen LogP contribution is -2.10. The fraction of sp³-hybridized carbons (Fsp3) is 0.188. The van der Waals surface area contributed by atoms with Crippen molar-refractivity contribution in [1.29, 1.82) is 0 Å². The van der Waals surface area contributed by atoms with Gasteiger partial charge < -0.3 is 4.90 Å². The minimum atomic E-state index is 0.336. The topological polar surface area (TPSA) is 20.3 Å². The molecule has 0 atom stereocenters. The molecule has 0 fully saturated rings. The smallest absolute Gasteiger partial charge is 0.153 e.